The smallest absolute Gasteiger partial charge is 0.373 e. The second kappa shape index (κ2) is 3.56. The van der Waals surface area contributed by atoms with Crippen molar-refractivity contribution in [1.82, 2.24) is 0 Å². The molecular formula is C5H8F3NO2. The molecule has 0 saturated carbocycles. The summed E-state index contributed by atoms with van der Waals surface area (Å²) in [5, 5.41) is 0. The lowest BCUT2D eigenvalue weighted by Gasteiger charge is -2.07. The maximum atomic E-state index is 11.3. The second-order valence-electron chi connectivity index (χ2n) is 2.10. The molecule has 6 heteroatoms. The Morgan fingerprint density at radius 3 is 2.36 bits per heavy atom. The first kappa shape index (κ1) is 10.2. The monoisotopic (exact) mass is 171 g/mol. The fourth-order valence-electron chi connectivity index (χ4n) is 0.434. The highest BCUT2D eigenvalue weighted by Gasteiger charge is 2.33. The van der Waals surface area contributed by atoms with E-state index in [0.717, 1.165) is 0 Å². The molecule has 2 N–H and O–H groups in total. The van der Waals surface area contributed by atoms with Crippen molar-refractivity contribution in [2.75, 3.05) is 0 Å². The van der Waals surface area contributed by atoms with Gasteiger partial charge in [-0.1, -0.05) is 0 Å². The third kappa shape index (κ3) is 7.11. The number of halogens is 3. The van der Waals surface area contributed by atoms with Crippen LogP contribution in [0.5, 0.6) is 0 Å². The molecule has 66 valence electrons. The predicted octanol–water partition coefficient (Wildman–Crippen LogP) is 0.787. The summed E-state index contributed by atoms with van der Waals surface area (Å²) in [6, 6.07) is -0.621. The van der Waals surface area contributed by atoms with E-state index in [-0.39, 0.29) is 0 Å². The Morgan fingerprint density at radius 1 is 1.64 bits per heavy atom. The summed E-state index contributed by atoms with van der Waals surface area (Å²) in [5.74, 6) is -1.35. The van der Waals surface area contributed by atoms with E-state index in [1.54, 1.807) is 0 Å². The molecule has 0 aliphatic heterocycles. The zero-order chi connectivity index (χ0) is 9.07. The first-order valence-electron chi connectivity index (χ1n) is 2.85. The van der Waals surface area contributed by atoms with Gasteiger partial charge < -0.3 is 10.5 Å². The molecule has 0 aromatic heterocycles. The molecule has 11 heavy (non-hydrogen) atoms. The largest absolute Gasteiger partial charge is 0.575 e. The van der Waals surface area contributed by atoms with Crippen LogP contribution in [0.1, 0.15) is 13.3 Å². The van der Waals surface area contributed by atoms with Gasteiger partial charge in [-0.05, 0) is 6.92 Å². The van der Waals surface area contributed by atoms with Crippen molar-refractivity contribution in [1.29, 1.82) is 0 Å². The summed E-state index contributed by atoms with van der Waals surface area (Å²) in [6.45, 7) is 1.41. The van der Waals surface area contributed by atoms with E-state index in [1.807, 2.05) is 0 Å². The first-order chi connectivity index (χ1) is 4.81. The van der Waals surface area contributed by atoms with E-state index in [9.17, 15) is 18.0 Å². The minimum atomic E-state index is -4.90. The predicted molar refractivity (Wildman–Crippen MR) is 30.4 cm³/mol. The Bertz CT molecular complexity index is 143. The standard InChI is InChI=1S/C5H8F3NO2/c1-3(9)2-4(10)11-5(6,7)8/h3H,2,9H2,1H3. The molecule has 0 amide bonds. The summed E-state index contributed by atoms with van der Waals surface area (Å²) in [6.07, 6.45) is -5.33. The Morgan fingerprint density at radius 2 is 2.09 bits per heavy atom. The van der Waals surface area contributed by atoms with Crippen molar-refractivity contribution in [2.24, 2.45) is 5.73 Å². The van der Waals surface area contributed by atoms with Crippen LogP contribution in [0.25, 0.3) is 0 Å². The molecule has 0 aromatic carbocycles. The number of ether oxygens (including phenoxy) is 1. The van der Waals surface area contributed by atoms with Gasteiger partial charge in [0.05, 0.1) is 6.42 Å². The van der Waals surface area contributed by atoms with Crippen LogP contribution in [0.4, 0.5) is 13.2 Å². The number of hydrogen-bond donors (Lipinski definition) is 1. The molecule has 0 heterocycles. The van der Waals surface area contributed by atoms with Crippen LogP contribution in [0.2, 0.25) is 0 Å². The molecule has 1 atom stereocenters. The van der Waals surface area contributed by atoms with Crippen molar-refractivity contribution >= 4 is 5.97 Å². The Kier molecular flexibility index (Phi) is 3.31. The third-order valence-electron chi connectivity index (χ3n) is 0.718. The second-order valence-corrected chi connectivity index (χ2v) is 2.10. The Labute approximate surface area is 61.3 Å². The van der Waals surface area contributed by atoms with Gasteiger partial charge in [0.2, 0.25) is 0 Å². The molecule has 0 aromatic rings. The minimum Gasteiger partial charge on any atom is -0.373 e. The number of esters is 1. The van der Waals surface area contributed by atoms with Crippen LogP contribution in [-0.4, -0.2) is 18.4 Å². The van der Waals surface area contributed by atoms with Gasteiger partial charge in [0.1, 0.15) is 0 Å². The SMILES string of the molecule is CC(N)CC(=O)OC(F)(F)F. The van der Waals surface area contributed by atoms with Gasteiger partial charge in [0.15, 0.2) is 0 Å². The van der Waals surface area contributed by atoms with Gasteiger partial charge in [-0.25, -0.2) is 0 Å². The van der Waals surface area contributed by atoms with E-state index < -0.39 is 24.8 Å². The number of hydrogen-bond acceptors (Lipinski definition) is 3. The number of nitrogens with two attached hydrogens (primary N) is 1. The number of carbonyl (C=O) groups excluding carboxylic acids is 1. The molecule has 0 fully saturated rings. The lowest BCUT2D eigenvalue weighted by Crippen LogP contribution is -2.25. The number of carbonyl (C=O) groups is 1. The van der Waals surface area contributed by atoms with Gasteiger partial charge in [-0.2, -0.15) is 0 Å². The highest BCUT2D eigenvalue weighted by molar-refractivity contribution is 5.70. The average molecular weight is 171 g/mol. The van der Waals surface area contributed by atoms with Gasteiger partial charge >= 0.3 is 12.3 Å². The van der Waals surface area contributed by atoms with Crippen LogP contribution in [0.3, 0.4) is 0 Å². The molecule has 0 aliphatic rings. The molecular weight excluding hydrogens is 163 g/mol. The average Bonchev–Trinajstić information content (AvgIpc) is 1.53. The van der Waals surface area contributed by atoms with E-state index in [1.165, 1.54) is 6.92 Å². The summed E-state index contributed by atoms with van der Waals surface area (Å²) in [7, 11) is 0. The van der Waals surface area contributed by atoms with Crippen molar-refractivity contribution < 1.29 is 22.7 Å². The minimum absolute atomic E-state index is 0.431. The van der Waals surface area contributed by atoms with Crippen LogP contribution in [0, 0.1) is 0 Å². The van der Waals surface area contributed by atoms with Crippen molar-refractivity contribution in [3.63, 3.8) is 0 Å². The maximum absolute atomic E-state index is 11.3. The summed E-state index contributed by atoms with van der Waals surface area (Å²) < 4.78 is 36.8. The zero-order valence-electron chi connectivity index (χ0n) is 5.81. The van der Waals surface area contributed by atoms with Crippen molar-refractivity contribution in [3.05, 3.63) is 0 Å². The Balaban J connectivity index is 3.71. The van der Waals surface area contributed by atoms with Gasteiger partial charge in [0.25, 0.3) is 0 Å². The molecule has 0 saturated heterocycles. The lowest BCUT2D eigenvalue weighted by molar-refractivity contribution is -0.305. The van der Waals surface area contributed by atoms with Crippen LogP contribution in [0.15, 0.2) is 0 Å². The molecule has 1 unspecified atom stereocenters. The van der Waals surface area contributed by atoms with Gasteiger partial charge in [0, 0.05) is 6.04 Å². The first-order valence-corrected chi connectivity index (χ1v) is 2.85. The molecule has 0 aliphatic carbocycles. The molecule has 0 spiro atoms. The fraction of sp³-hybridized carbons (Fsp3) is 0.800. The van der Waals surface area contributed by atoms with E-state index in [4.69, 9.17) is 5.73 Å². The molecule has 0 rings (SSSR count). The number of rotatable bonds is 2. The highest BCUT2D eigenvalue weighted by Crippen LogP contribution is 2.16. The van der Waals surface area contributed by atoms with Crippen molar-refractivity contribution in [2.45, 2.75) is 25.7 Å². The zero-order valence-corrected chi connectivity index (χ0v) is 5.81. The van der Waals surface area contributed by atoms with Crippen LogP contribution in [-0.2, 0) is 9.53 Å². The topological polar surface area (TPSA) is 52.3 Å². The summed E-state index contributed by atoms with van der Waals surface area (Å²) in [5.41, 5.74) is 5.04. The summed E-state index contributed by atoms with van der Waals surface area (Å²) >= 11 is 0. The maximum Gasteiger partial charge on any atom is 0.575 e. The fourth-order valence-corrected chi connectivity index (χ4v) is 0.434. The highest BCUT2D eigenvalue weighted by atomic mass is 19.4. The number of alkyl halides is 3. The van der Waals surface area contributed by atoms with Gasteiger partial charge in [-0.3, -0.25) is 4.79 Å². The van der Waals surface area contributed by atoms with Crippen LogP contribution < -0.4 is 5.73 Å². The van der Waals surface area contributed by atoms with E-state index in [2.05, 4.69) is 4.74 Å². The molecule has 3 nitrogen and oxygen atoms in total. The van der Waals surface area contributed by atoms with E-state index in [0.29, 0.717) is 0 Å². The molecule has 0 radical (unpaired) electrons. The quantitative estimate of drug-likeness (QED) is 0.625. The Hall–Kier alpha value is -0.780. The van der Waals surface area contributed by atoms with Crippen LogP contribution >= 0.6 is 0 Å². The van der Waals surface area contributed by atoms with E-state index >= 15 is 0 Å². The van der Waals surface area contributed by atoms with Crippen molar-refractivity contribution in [3.8, 4) is 0 Å². The lowest BCUT2D eigenvalue weighted by atomic mass is 10.3. The van der Waals surface area contributed by atoms with Gasteiger partial charge in [-0.15, -0.1) is 13.2 Å². The summed E-state index contributed by atoms with van der Waals surface area (Å²) in [4.78, 5) is 10.2. The normalized spacial score (nSPS) is 14.3. The molecule has 0 bridgehead atoms. The third-order valence-corrected chi connectivity index (χ3v) is 0.718.